The van der Waals surface area contributed by atoms with Crippen LogP contribution in [0, 0.1) is 6.92 Å². The van der Waals surface area contributed by atoms with Crippen LogP contribution in [0.5, 0.6) is 0 Å². The molecule has 1 N–H and O–H groups in total. The number of piperidine rings is 1. The number of esters is 1. The van der Waals surface area contributed by atoms with Gasteiger partial charge in [-0.15, -0.1) is 0 Å². The Hall–Kier alpha value is -2.90. The van der Waals surface area contributed by atoms with Gasteiger partial charge in [-0.05, 0) is 100 Å². The summed E-state index contributed by atoms with van der Waals surface area (Å²) in [6.45, 7) is 8.40. The summed E-state index contributed by atoms with van der Waals surface area (Å²) in [5, 5.41) is 3.13. The first kappa shape index (κ1) is 24.8. The molecule has 0 saturated carbocycles. The lowest BCUT2D eigenvalue weighted by molar-refractivity contribution is -0.124. The largest absolute Gasteiger partial charge is 0.465 e. The Morgan fingerprint density at radius 2 is 1.89 bits per heavy atom. The molecule has 3 aliphatic rings. The van der Waals surface area contributed by atoms with Gasteiger partial charge in [0.2, 0.25) is 5.91 Å². The second-order valence-corrected chi connectivity index (χ2v) is 10.4. The van der Waals surface area contributed by atoms with Crippen LogP contribution in [0.2, 0.25) is 0 Å². The Morgan fingerprint density at radius 1 is 1.17 bits per heavy atom. The standard InChI is InChI=1S/C29H37N3O4/c1-5-32(22-8-12-31(3)13-9-22)26-18-21(16-23(19(26)2)27(33)35-4)20-6-7-24-25(17-20)30-28(34)29(24)10-14-36-15-11-29/h6-7,16-18,22H,5,8-15H2,1-4H3,(H,30,34). The van der Waals surface area contributed by atoms with Gasteiger partial charge in [0.25, 0.3) is 0 Å². The fourth-order valence-electron chi connectivity index (χ4n) is 6.24. The van der Waals surface area contributed by atoms with E-state index < -0.39 is 5.41 Å². The molecule has 0 aliphatic carbocycles. The zero-order valence-corrected chi connectivity index (χ0v) is 21.9. The van der Waals surface area contributed by atoms with Crippen LogP contribution in [-0.4, -0.2) is 69.8 Å². The molecule has 2 aromatic carbocycles. The maximum Gasteiger partial charge on any atom is 0.338 e. The number of amides is 1. The van der Waals surface area contributed by atoms with Crippen LogP contribution < -0.4 is 10.2 Å². The van der Waals surface area contributed by atoms with E-state index in [1.165, 1.54) is 7.11 Å². The smallest absolute Gasteiger partial charge is 0.338 e. The van der Waals surface area contributed by atoms with Gasteiger partial charge in [-0.2, -0.15) is 0 Å². The molecule has 36 heavy (non-hydrogen) atoms. The number of carbonyl (C=O) groups is 2. The van der Waals surface area contributed by atoms with Crippen molar-refractivity contribution < 1.29 is 19.1 Å². The maximum atomic E-state index is 13.0. The fourth-order valence-corrected chi connectivity index (χ4v) is 6.24. The van der Waals surface area contributed by atoms with Gasteiger partial charge in [0.15, 0.2) is 0 Å². The van der Waals surface area contributed by atoms with Crippen LogP contribution >= 0.6 is 0 Å². The third-order valence-electron chi connectivity index (χ3n) is 8.46. The molecule has 192 valence electrons. The number of likely N-dealkylation sites (tertiary alicyclic amines) is 1. The number of anilines is 2. The SMILES string of the molecule is CCN(c1cc(-c2ccc3c(c2)NC(=O)C32CCOCC2)cc(C(=O)OC)c1C)C1CCN(C)CC1. The minimum Gasteiger partial charge on any atom is -0.465 e. The highest BCUT2D eigenvalue weighted by Gasteiger charge is 2.47. The third-order valence-corrected chi connectivity index (χ3v) is 8.46. The average molecular weight is 492 g/mol. The Morgan fingerprint density at radius 3 is 2.56 bits per heavy atom. The molecular formula is C29H37N3O4. The normalized spacial score (nSPS) is 19.7. The van der Waals surface area contributed by atoms with Crippen LogP contribution in [0.25, 0.3) is 11.1 Å². The summed E-state index contributed by atoms with van der Waals surface area (Å²) in [4.78, 5) is 30.7. The molecule has 2 saturated heterocycles. The van der Waals surface area contributed by atoms with E-state index in [0.29, 0.717) is 37.7 Å². The first-order valence-electron chi connectivity index (χ1n) is 13.1. The number of nitrogens with zero attached hydrogens (tertiary/aromatic N) is 2. The van der Waals surface area contributed by atoms with Crippen molar-refractivity contribution >= 4 is 23.3 Å². The van der Waals surface area contributed by atoms with Crippen molar-refractivity contribution in [1.29, 1.82) is 0 Å². The molecule has 7 heteroatoms. The highest BCUT2D eigenvalue weighted by atomic mass is 16.5. The van der Waals surface area contributed by atoms with E-state index in [4.69, 9.17) is 9.47 Å². The molecule has 2 fully saturated rings. The second-order valence-electron chi connectivity index (χ2n) is 10.4. The number of fused-ring (bicyclic) bond motifs is 2. The molecule has 0 bridgehead atoms. The summed E-state index contributed by atoms with van der Waals surface area (Å²) >= 11 is 0. The van der Waals surface area contributed by atoms with Crippen molar-refractivity contribution in [1.82, 2.24) is 4.90 Å². The monoisotopic (exact) mass is 491 g/mol. The summed E-state index contributed by atoms with van der Waals surface area (Å²) in [7, 11) is 3.60. The van der Waals surface area contributed by atoms with Gasteiger partial charge < -0.3 is 24.6 Å². The number of methoxy groups -OCH3 is 1. The Balaban J connectivity index is 1.57. The molecule has 0 unspecified atom stereocenters. The fraction of sp³-hybridized carbons (Fsp3) is 0.517. The number of nitrogens with one attached hydrogen (secondary N) is 1. The van der Waals surface area contributed by atoms with Gasteiger partial charge >= 0.3 is 5.97 Å². The Bertz CT molecular complexity index is 1160. The average Bonchev–Trinajstić information content (AvgIpc) is 3.16. The Kier molecular flexibility index (Phi) is 6.79. The van der Waals surface area contributed by atoms with Crippen molar-refractivity contribution in [2.75, 3.05) is 57.2 Å². The molecule has 0 aromatic heterocycles. The van der Waals surface area contributed by atoms with E-state index in [1.807, 2.05) is 13.0 Å². The molecule has 7 nitrogen and oxygen atoms in total. The lowest BCUT2D eigenvalue weighted by Crippen LogP contribution is -2.44. The zero-order chi connectivity index (χ0) is 25.4. The Labute approximate surface area is 213 Å². The summed E-state index contributed by atoms with van der Waals surface area (Å²) in [6, 6.07) is 10.8. The van der Waals surface area contributed by atoms with Crippen LogP contribution in [0.3, 0.4) is 0 Å². The van der Waals surface area contributed by atoms with Gasteiger partial charge in [-0.25, -0.2) is 4.79 Å². The minimum atomic E-state index is -0.491. The summed E-state index contributed by atoms with van der Waals surface area (Å²) < 4.78 is 10.7. The molecule has 3 heterocycles. The molecule has 1 amide bonds. The molecule has 0 radical (unpaired) electrons. The summed E-state index contributed by atoms with van der Waals surface area (Å²) in [5.41, 5.74) is 5.97. The van der Waals surface area contributed by atoms with Gasteiger partial charge in [0.05, 0.1) is 18.1 Å². The lowest BCUT2D eigenvalue weighted by Gasteiger charge is -2.39. The van der Waals surface area contributed by atoms with Gasteiger partial charge in [0, 0.05) is 37.2 Å². The zero-order valence-electron chi connectivity index (χ0n) is 21.9. The molecule has 0 atom stereocenters. The van der Waals surface area contributed by atoms with E-state index in [2.05, 4.69) is 53.4 Å². The molecule has 1 spiro atoms. The van der Waals surface area contributed by atoms with E-state index >= 15 is 0 Å². The molecule has 3 aliphatic heterocycles. The summed E-state index contributed by atoms with van der Waals surface area (Å²) in [6.07, 6.45) is 3.60. The molecule has 2 aromatic rings. The van der Waals surface area contributed by atoms with Gasteiger partial charge in [0.1, 0.15) is 0 Å². The van der Waals surface area contributed by atoms with E-state index in [1.54, 1.807) is 0 Å². The number of benzene rings is 2. The number of hydrogen-bond acceptors (Lipinski definition) is 6. The number of rotatable bonds is 5. The van der Waals surface area contributed by atoms with Crippen LogP contribution in [-0.2, 0) is 19.7 Å². The lowest BCUT2D eigenvalue weighted by atomic mass is 9.75. The van der Waals surface area contributed by atoms with Crippen LogP contribution in [0.1, 0.15) is 54.1 Å². The van der Waals surface area contributed by atoms with Crippen molar-refractivity contribution in [2.24, 2.45) is 0 Å². The van der Waals surface area contributed by atoms with Crippen molar-refractivity contribution in [2.45, 2.75) is 51.0 Å². The first-order valence-corrected chi connectivity index (χ1v) is 13.1. The number of carbonyl (C=O) groups excluding carboxylic acids is 2. The quantitative estimate of drug-likeness (QED) is 0.627. The highest BCUT2D eigenvalue weighted by molar-refractivity contribution is 6.07. The minimum absolute atomic E-state index is 0.0669. The second kappa shape index (κ2) is 9.87. The van der Waals surface area contributed by atoms with Gasteiger partial charge in [-0.3, -0.25) is 4.79 Å². The predicted molar refractivity (Wildman–Crippen MR) is 142 cm³/mol. The van der Waals surface area contributed by atoms with Gasteiger partial charge in [-0.1, -0.05) is 12.1 Å². The van der Waals surface area contributed by atoms with Crippen molar-refractivity contribution in [3.63, 3.8) is 0 Å². The predicted octanol–water partition coefficient (Wildman–Crippen LogP) is 4.37. The van der Waals surface area contributed by atoms with Crippen molar-refractivity contribution in [3.05, 3.63) is 47.0 Å². The highest BCUT2D eigenvalue weighted by Crippen LogP contribution is 2.46. The third kappa shape index (κ3) is 4.18. The van der Waals surface area contributed by atoms with Crippen molar-refractivity contribution in [3.8, 4) is 11.1 Å². The molecular weight excluding hydrogens is 454 g/mol. The van der Waals surface area contributed by atoms with E-state index in [-0.39, 0.29) is 11.9 Å². The van der Waals surface area contributed by atoms with Crippen LogP contribution in [0.15, 0.2) is 30.3 Å². The molecule has 5 rings (SSSR count). The number of ether oxygens (including phenoxy) is 2. The van der Waals surface area contributed by atoms with E-state index in [0.717, 1.165) is 66.1 Å². The topological polar surface area (TPSA) is 71.1 Å². The van der Waals surface area contributed by atoms with Crippen LogP contribution in [0.4, 0.5) is 11.4 Å². The first-order chi connectivity index (χ1) is 17.4. The summed E-state index contributed by atoms with van der Waals surface area (Å²) in [5.74, 6) is -0.261. The number of hydrogen-bond donors (Lipinski definition) is 1. The van der Waals surface area contributed by atoms with E-state index in [9.17, 15) is 9.59 Å². The maximum absolute atomic E-state index is 13.0.